The first-order valence-electron chi connectivity index (χ1n) is 7.95. The minimum atomic E-state index is 0.280. The van der Waals surface area contributed by atoms with Crippen LogP contribution in [-0.2, 0) is 6.42 Å². The maximum Gasteiger partial charge on any atom is 0.0640 e. The topological polar surface area (TPSA) is 43.8 Å². The molecule has 19 heavy (non-hydrogen) atoms. The molecule has 3 nitrogen and oxygen atoms in total. The van der Waals surface area contributed by atoms with Crippen molar-refractivity contribution in [3.05, 3.63) is 18.0 Å². The van der Waals surface area contributed by atoms with E-state index in [4.69, 9.17) is 10.8 Å². The van der Waals surface area contributed by atoms with E-state index in [0.717, 1.165) is 25.2 Å². The van der Waals surface area contributed by atoms with Crippen LogP contribution in [0.4, 0.5) is 0 Å². The Kier molecular flexibility index (Phi) is 5.03. The average Bonchev–Trinajstić information content (AvgIpc) is 3.00. The molecule has 0 radical (unpaired) electrons. The molecule has 0 saturated heterocycles. The molecular weight excluding hydrogens is 234 g/mol. The fourth-order valence-electron chi connectivity index (χ4n) is 3.56. The van der Waals surface area contributed by atoms with Gasteiger partial charge in [-0.15, -0.1) is 0 Å². The van der Waals surface area contributed by atoms with Gasteiger partial charge in [-0.25, -0.2) is 0 Å². The van der Waals surface area contributed by atoms with Crippen molar-refractivity contribution in [2.24, 2.45) is 17.6 Å². The van der Waals surface area contributed by atoms with Gasteiger partial charge in [0.05, 0.1) is 11.7 Å². The van der Waals surface area contributed by atoms with Gasteiger partial charge in [0.25, 0.3) is 0 Å². The lowest BCUT2D eigenvalue weighted by molar-refractivity contribution is 0.339. The summed E-state index contributed by atoms with van der Waals surface area (Å²) in [5, 5.41) is 4.73. The molecule has 0 amide bonds. The predicted octanol–water partition coefficient (Wildman–Crippen LogP) is 3.55. The average molecular weight is 263 g/mol. The van der Waals surface area contributed by atoms with Gasteiger partial charge in [-0.1, -0.05) is 33.6 Å². The summed E-state index contributed by atoms with van der Waals surface area (Å²) < 4.78 is 2.13. The van der Waals surface area contributed by atoms with Crippen molar-refractivity contribution in [2.75, 3.05) is 0 Å². The summed E-state index contributed by atoms with van der Waals surface area (Å²) in [7, 11) is 0. The van der Waals surface area contributed by atoms with Gasteiger partial charge >= 0.3 is 0 Å². The molecular formula is C16H29N3. The van der Waals surface area contributed by atoms with Crippen LogP contribution in [0.1, 0.15) is 64.6 Å². The molecule has 3 unspecified atom stereocenters. The van der Waals surface area contributed by atoms with Crippen LogP contribution in [-0.4, -0.2) is 15.8 Å². The van der Waals surface area contributed by atoms with Crippen molar-refractivity contribution in [1.29, 1.82) is 0 Å². The lowest BCUT2D eigenvalue weighted by Crippen LogP contribution is -2.33. The van der Waals surface area contributed by atoms with Crippen LogP contribution in [0.5, 0.6) is 0 Å². The lowest BCUT2D eigenvalue weighted by atomic mass is 9.88. The lowest BCUT2D eigenvalue weighted by Gasteiger charge is -2.22. The van der Waals surface area contributed by atoms with E-state index in [0.29, 0.717) is 12.0 Å². The SMILES string of the molecule is CCC(CC)n1ccc(CC(N)C2CCCC2C)n1. The Morgan fingerprint density at radius 3 is 2.68 bits per heavy atom. The van der Waals surface area contributed by atoms with Crippen LogP contribution < -0.4 is 5.73 Å². The molecule has 2 N–H and O–H groups in total. The fourth-order valence-corrected chi connectivity index (χ4v) is 3.56. The van der Waals surface area contributed by atoms with Crippen molar-refractivity contribution < 1.29 is 0 Å². The molecule has 0 spiro atoms. The van der Waals surface area contributed by atoms with Gasteiger partial charge in [-0.3, -0.25) is 4.68 Å². The minimum absolute atomic E-state index is 0.280. The first-order valence-corrected chi connectivity index (χ1v) is 7.95. The molecule has 1 aliphatic rings. The van der Waals surface area contributed by atoms with Gasteiger partial charge in [-0.05, 0) is 37.2 Å². The molecule has 1 saturated carbocycles. The standard InChI is InChI=1S/C16H29N3/c1-4-14(5-2)19-10-9-13(18-19)11-16(17)15-8-6-7-12(15)3/h9-10,12,14-16H,4-8,11,17H2,1-3H3. The molecule has 1 fully saturated rings. The molecule has 1 heterocycles. The second-order valence-electron chi connectivity index (χ2n) is 6.20. The van der Waals surface area contributed by atoms with Crippen molar-refractivity contribution >= 4 is 0 Å². The summed E-state index contributed by atoms with van der Waals surface area (Å²) in [6.07, 6.45) is 9.34. The maximum absolute atomic E-state index is 6.40. The minimum Gasteiger partial charge on any atom is -0.327 e. The molecule has 108 valence electrons. The Morgan fingerprint density at radius 2 is 2.11 bits per heavy atom. The zero-order chi connectivity index (χ0) is 13.8. The number of rotatable bonds is 6. The van der Waals surface area contributed by atoms with Crippen molar-refractivity contribution in [2.45, 2.75) is 71.4 Å². The molecule has 0 aromatic carbocycles. The van der Waals surface area contributed by atoms with Gasteiger partial charge < -0.3 is 5.73 Å². The quantitative estimate of drug-likeness (QED) is 0.853. The summed E-state index contributed by atoms with van der Waals surface area (Å²) in [5.74, 6) is 1.48. The van der Waals surface area contributed by atoms with Gasteiger partial charge in [0.15, 0.2) is 0 Å². The van der Waals surface area contributed by atoms with Crippen LogP contribution >= 0.6 is 0 Å². The van der Waals surface area contributed by atoms with Crippen LogP contribution in [0.2, 0.25) is 0 Å². The third-order valence-corrected chi connectivity index (χ3v) is 4.90. The van der Waals surface area contributed by atoms with E-state index in [1.807, 2.05) is 0 Å². The van der Waals surface area contributed by atoms with Crippen molar-refractivity contribution in [1.82, 2.24) is 9.78 Å². The largest absolute Gasteiger partial charge is 0.327 e. The molecule has 2 rings (SSSR count). The molecule has 3 atom stereocenters. The van der Waals surface area contributed by atoms with Crippen LogP contribution in [0.3, 0.4) is 0 Å². The summed E-state index contributed by atoms with van der Waals surface area (Å²) >= 11 is 0. The number of hydrogen-bond donors (Lipinski definition) is 1. The summed E-state index contributed by atoms with van der Waals surface area (Å²) in [6.45, 7) is 6.79. The first kappa shape index (κ1) is 14.6. The number of nitrogens with two attached hydrogens (primary N) is 1. The Bertz CT molecular complexity index is 381. The zero-order valence-electron chi connectivity index (χ0n) is 12.7. The number of hydrogen-bond acceptors (Lipinski definition) is 2. The maximum atomic E-state index is 6.40. The van der Waals surface area contributed by atoms with Gasteiger partial charge in [-0.2, -0.15) is 5.10 Å². The second kappa shape index (κ2) is 6.56. The highest BCUT2D eigenvalue weighted by molar-refractivity contribution is 5.03. The zero-order valence-corrected chi connectivity index (χ0v) is 12.7. The molecule has 3 heteroatoms. The second-order valence-corrected chi connectivity index (χ2v) is 6.20. The summed E-state index contributed by atoms with van der Waals surface area (Å²) in [5.41, 5.74) is 7.57. The normalized spacial score (nSPS) is 25.1. The van der Waals surface area contributed by atoms with E-state index in [-0.39, 0.29) is 6.04 Å². The molecule has 0 aliphatic heterocycles. The third kappa shape index (κ3) is 3.38. The van der Waals surface area contributed by atoms with E-state index < -0.39 is 0 Å². The van der Waals surface area contributed by atoms with E-state index in [1.165, 1.54) is 25.0 Å². The smallest absolute Gasteiger partial charge is 0.0640 e. The predicted molar refractivity (Wildman–Crippen MR) is 80.0 cm³/mol. The molecule has 1 aromatic rings. The van der Waals surface area contributed by atoms with Crippen molar-refractivity contribution in [3.63, 3.8) is 0 Å². The van der Waals surface area contributed by atoms with E-state index in [2.05, 4.69) is 37.7 Å². The van der Waals surface area contributed by atoms with Gasteiger partial charge in [0.2, 0.25) is 0 Å². The van der Waals surface area contributed by atoms with E-state index >= 15 is 0 Å². The Morgan fingerprint density at radius 1 is 1.37 bits per heavy atom. The highest BCUT2D eigenvalue weighted by atomic mass is 15.3. The Labute approximate surface area is 117 Å². The monoisotopic (exact) mass is 263 g/mol. The fraction of sp³-hybridized carbons (Fsp3) is 0.812. The Balaban J connectivity index is 1.95. The molecule has 1 aromatic heterocycles. The number of nitrogens with zero attached hydrogens (tertiary/aromatic N) is 2. The summed E-state index contributed by atoms with van der Waals surface area (Å²) in [4.78, 5) is 0. The van der Waals surface area contributed by atoms with E-state index in [9.17, 15) is 0 Å². The van der Waals surface area contributed by atoms with Crippen LogP contribution in [0.15, 0.2) is 12.3 Å². The third-order valence-electron chi connectivity index (χ3n) is 4.90. The van der Waals surface area contributed by atoms with Crippen LogP contribution in [0, 0.1) is 11.8 Å². The van der Waals surface area contributed by atoms with Gasteiger partial charge in [0, 0.05) is 18.7 Å². The highest BCUT2D eigenvalue weighted by Gasteiger charge is 2.29. The van der Waals surface area contributed by atoms with Crippen LogP contribution in [0.25, 0.3) is 0 Å². The summed E-state index contributed by atoms with van der Waals surface area (Å²) in [6, 6.07) is 2.97. The number of aromatic nitrogens is 2. The molecule has 1 aliphatic carbocycles. The van der Waals surface area contributed by atoms with E-state index in [1.54, 1.807) is 0 Å². The van der Waals surface area contributed by atoms with Gasteiger partial charge in [0.1, 0.15) is 0 Å². The highest BCUT2D eigenvalue weighted by Crippen LogP contribution is 2.33. The first-order chi connectivity index (χ1) is 9.15. The van der Waals surface area contributed by atoms with Crippen molar-refractivity contribution in [3.8, 4) is 0 Å². The molecule has 0 bridgehead atoms. The Hall–Kier alpha value is -0.830.